The molecule has 0 saturated carbocycles. The van der Waals surface area contributed by atoms with Gasteiger partial charge in [-0.15, -0.1) is 0 Å². The molecule has 1 rings (SSSR count). The van der Waals surface area contributed by atoms with Crippen LogP contribution in [0.25, 0.3) is 0 Å². The van der Waals surface area contributed by atoms with Gasteiger partial charge in [-0.3, -0.25) is 0 Å². The number of hydrogen-bond donors (Lipinski definition) is 3. The molecule has 4 heteroatoms. The van der Waals surface area contributed by atoms with Gasteiger partial charge in [0.05, 0.1) is 5.69 Å². The van der Waals surface area contributed by atoms with E-state index in [1.165, 1.54) is 0 Å². The number of nitrogens with one attached hydrogen (secondary N) is 2. The summed E-state index contributed by atoms with van der Waals surface area (Å²) in [6, 6.07) is 6.96. The number of hydrogen-bond acceptors (Lipinski definition) is 2. The van der Waals surface area contributed by atoms with Gasteiger partial charge in [-0.2, -0.15) is 0 Å². The summed E-state index contributed by atoms with van der Waals surface area (Å²) in [6.45, 7) is 2.72. The Bertz CT molecular complexity index is 301. The van der Waals surface area contributed by atoms with E-state index < -0.39 is 0 Å². The Morgan fingerprint density at radius 1 is 1.46 bits per heavy atom. The van der Waals surface area contributed by atoms with Gasteiger partial charge in [0.1, 0.15) is 5.75 Å². The molecule has 0 aliphatic heterocycles. The number of benzene rings is 1. The van der Waals surface area contributed by atoms with Crippen molar-refractivity contribution in [1.82, 2.24) is 5.32 Å². The van der Waals surface area contributed by atoms with Gasteiger partial charge >= 0.3 is 0 Å². The standard InChI is InChI=1S/C9H12N2OS/c1-2-10-9(13)11-7-5-3-4-6-8(7)12/h3-6,12H,2H2,1H3,(H2,10,11,13). The molecule has 0 amide bonds. The maximum absolute atomic E-state index is 9.38. The maximum atomic E-state index is 9.38. The minimum Gasteiger partial charge on any atom is -0.506 e. The lowest BCUT2D eigenvalue weighted by molar-refractivity contribution is 0.478. The van der Waals surface area contributed by atoms with Crippen molar-refractivity contribution in [2.75, 3.05) is 11.9 Å². The van der Waals surface area contributed by atoms with Gasteiger partial charge in [-0.05, 0) is 31.3 Å². The molecule has 0 aliphatic rings. The van der Waals surface area contributed by atoms with Crippen LogP contribution in [0.3, 0.4) is 0 Å². The van der Waals surface area contributed by atoms with Crippen LogP contribution in [0, 0.1) is 0 Å². The lowest BCUT2D eigenvalue weighted by Crippen LogP contribution is -2.27. The van der Waals surface area contributed by atoms with Crippen LogP contribution in [0.15, 0.2) is 24.3 Å². The first-order valence-electron chi connectivity index (χ1n) is 4.07. The summed E-state index contributed by atoms with van der Waals surface area (Å²) in [7, 11) is 0. The Labute approximate surface area is 82.8 Å². The Morgan fingerprint density at radius 3 is 2.77 bits per heavy atom. The number of thiocarbonyl (C=S) groups is 1. The topological polar surface area (TPSA) is 44.3 Å². The number of anilines is 1. The predicted molar refractivity (Wildman–Crippen MR) is 58.0 cm³/mol. The van der Waals surface area contributed by atoms with Gasteiger partial charge in [0.2, 0.25) is 0 Å². The molecule has 0 aromatic heterocycles. The van der Waals surface area contributed by atoms with Crippen molar-refractivity contribution in [2.45, 2.75) is 6.92 Å². The fraction of sp³-hybridized carbons (Fsp3) is 0.222. The second-order valence-electron chi connectivity index (χ2n) is 2.50. The van der Waals surface area contributed by atoms with E-state index in [0.29, 0.717) is 10.8 Å². The SMILES string of the molecule is CCNC(=S)Nc1ccccc1O. The third-order valence-electron chi connectivity index (χ3n) is 1.49. The summed E-state index contributed by atoms with van der Waals surface area (Å²) in [5, 5.41) is 15.7. The monoisotopic (exact) mass is 196 g/mol. The van der Waals surface area contributed by atoms with Crippen molar-refractivity contribution in [3.63, 3.8) is 0 Å². The van der Waals surface area contributed by atoms with Crippen LogP contribution in [-0.4, -0.2) is 16.8 Å². The first kappa shape index (κ1) is 9.80. The lowest BCUT2D eigenvalue weighted by atomic mass is 10.3. The highest BCUT2D eigenvalue weighted by molar-refractivity contribution is 7.80. The molecule has 70 valence electrons. The average Bonchev–Trinajstić information content (AvgIpc) is 2.09. The van der Waals surface area contributed by atoms with Crippen molar-refractivity contribution in [2.24, 2.45) is 0 Å². The Hall–Kier alpha value is -1.29. The molecule has 0 atom stereocenters. The molecule has 0 saturated heterocycles. The van der Waals surface area contributed by atoms with E-state index in [2.05, 4.69) is 10.6 Å². The molecule has 3 N–H and O–H groups in total. The van der Waals surface area contributed by atoms with Gasteiger partial charge < -0.3 is 15.7 Å². The molecule has 13 heavy (non-hydrogen) atoms. The summed E-state index contributed by atoms with van der Waals surface area (Å²) in [5.41, 5.74) is 0.619. The maximum Gasteiger partial charge on any atom is 0.170 e. The van der Waals surface area contributed by atoms with Gasteiger partial charge in [0.15, 0.2) is 5.11 Å². The quantitative estimate of drug-likeness (QED) is 0.497. The average molecular weight is 196 g/mol. The van der Waals surface area contributed by atoms with Crippen molar-refractivity contribution in [3.8, 4) is 5.75 Å². The minimum atomic E-state index is 0.197. The number of phenolic OH excluding ortho intramolecular Hbond substituents is 1. The van der Waals surface area contributed by atoms with Crippen molar-refractivity contribution >= 4 is 23.0 Å². The molecule has 0 fully saturated rings. The zero-order valence-corrected chi connectivity index (χ0v) is 8.19. The highest BCUT2D eigenvalue weighted by Gasteiger charge is 1.99. The highest BCUT2D eigenvalue weighted by atomic mass is 32.1. The summed E-state index contributed by atoms with van der Waals surface area (Å²) >= 11 is 4.96. The molecular weight excluding hydrogens is 184 g/mol. The lowest BCUT2D eigenvalue weighted by Gasteiger charge is -2.09. The summed E-state index contributed by atoms with van der Waals surface area (Å²) in [5.74, 6) is 0.197. The van der Waals surface area contributed by atoms with E-state index in [9.17, 15) is 5.11 Å². The van der Waals surface area contributed by atoms with Crippen LogP contribution >= 0.6 is 12.2 Å². The molecule has 0 radical (unpaired) electrons. The van der Waals surface area contributed by atoms with Gasteiger partial charge in [0, 0.05) is 6.54 Å². The smallest absolute Gasteiger partial charge is 0.170 e. The fourth-order valence-electron chi connectivity index (χ4n) is 0.906. The van der Waals surface area contributed by atoms with E-state index in [-0.39, 0.29) is 5.75 Å². The van der Waals surface area contributed by atoms with Crippen LogP contribution in [0.2, 0.25) is 0 Å². The molecule has 0 bridgehead atoms. The number of phenols is 1. The summed E-state index contributed by atoms with van der Waals surface area (Å²) in [6.07, 6.45) is 0. The van der Waals surface area contributed by atoms with Crippen LogP contribution in [0.4, 0.5) is 5.69 Å². The molecule has 1 aromatic rings. The fourth-order valence-corrected chi connectivity index (χ4v) is 1.16. The first-order valence-corrected chi connectivity index (χ1v) is 4.47. The van der Waals surface area contributed by atoms with Crippen molar-refractivity contribution < 1.29 is 5.11 Å². The van der Waals surface area contributed by atoms with Crippen LogP contribution in [0.5, 0.6) is 5.75 Å². The van der Waals surface area contributed by atoms with Gasteiger partial charge in [-0.25, -0.2) is 0 Å². The van der Waals surface area contributed by atoms with Crippen LogP contribution in [-0.2, 0) is 0 Å². The second-order valence-corrected chi connectivity index (χ2v) is 2.91. The third-order valence-corrected chi connectivity index (χ3v) is 1.74. The second kappa shape index (κ2) is 4.67. The molecule has 3 nitrogen and oxygen atoms in total. The molecule has 0 aliphatic carbocycles. The molecule has 0 spiro atoms. The zero-order chi connectivity index (χ0) is 9.68. The van der Waals surface area contributed by atoms with Crippen molar-refractivity contribution in [3.05, 3.63) is 24.3 Å². The van der Waals surface area contributed by atoms with Crippen LogP contribution in [0.1, 0.15) is 6.92 Å². The summed E-state index contributed by atoms with van der Waals surface area (Å²) in [4.78, 5) is 0. The molecular formula is C9H12N2OS. The normalized spacial score (nSPS) is 9.31. The number of rotatable bonds is 2. The third kappa shape index (κ3) is 2.91. The van der Waals surface area contributed by atoms with E-state index in [1.807, 2.05) is 13.0 Å². The zero-order valence-electron chi connectivity index (χ0n) is 7.37. The Kier molecular flexibility index (Phi) is 3.52. The predicted octanol–water partition coefficient (Wildman–Crippen LogP) is 1.70. The summed E-state index contributed by atoms with van der Waals surface area (Å²) < 4.78 is 0. The molecule has 0 heterocycles. The first-order chi connectivity index (χ1) is 6.24. The molecule has 0 unspecified atom stereocenters. The highest BCUT2D eigenvalue weighted by Crippen LogP contribution is 2.20. The van der Waals surface area contributed by atoms with Gasteiger partial charge in [0.25, 0.3) is 0 Å². The largest absolute Gasteiger partial charge is 0.506 e. The molecule has 1 aromatic carbocycles. The van der Waals surface area contributed by atoms with E-state index >= 15 is 0 Å². The van der Waals surface area contributed by atoms with E-state index in [1.54, 1.807) is 18.2 Å². The van der Waals surface area contributed by atoms with Gasteiger partial charge in [-0.1, -0.05) is 12.1 Å². The Morgan fingerprint density at radius 2 is 2.15 bits per heavy atom. The van der Waals surface area contributed by atoms with E-state index in [0.717, 1.165) is 6.54 Å². The van der Waals surface area contributed by atoms with E-state index in [4.69, 9.17) is 12.2 Å². The number of aromatic hydroxyl groups is 1. The number of para-hydroxylation sites is 2. The Balaban J connectivity index is 2.63. The van der Waals surface area contributed by atoms with Crippen LogP contribution < -0.4 is 10.6 Å². The van der Waals surface area contributed by atoms with Crippen molar-refractivity contribution in [1.29, 1.82) is 0 Å². The minimum absolute atomic E-state index is 0.197.